The van der Waals surface area contributed by atoms with Gasteiger partial charge in [0.1, 0.15) is 17.8 Å². The smallest absolute Gasteiger partial charge is 0.336 e. The van der Waals surface area contributed by atoms with Crippen LogP contribution in [0.25, 0.3) is 0 Å². The molecule has 0 saturated carbocycles. The number of aromatic nitrogens is 3. The van der Waals surface area contributed by atoms with Crippen LogP contribution in [0.15, 0.2) is 26.5 Å². The summed E-state index contributed by atoms with van der Waals surface area (Å²) in [5, 5.41) is 0. The van der Waals surface area contributed by atoms with Crippen LogP contribution in [0.5, 0.6) is 0 Å². The van der Waals surface area contributed by atoms with Crippen LogP contribution in [0.1, 0.15) is 20.8 Å². The molecule has 148 valence electrons. The van der Waals surface area contributed by atoms with Gasteiger partial charge in [-0.05, 0) is 20.8 Å². The van der Waals surface area contributed by atoms with Gasteiger partial charge in [-0.25, -0.2) is 32.9 Å². The minimum atomic E-state index is -0.758. The number of carbonyl (C=O) groups is 1. The van der Waals surface area contributed by atoms with Gasteiger partial charge in [0, 0.05) is 5.57 Å². The standard InChI is InChI=1S/C17H23N3O7/c1-11(2)12(21)25-6-5-18-13(22)19(7-16(3)9-26-16)15(24)20(14(18)23)8-17(4)10-27-17/h1,5-10H2,2-4H3. The van der Waals surface area contributed by atoms with Crippen molar-refractivity contribution in [2.24, 2.45) is 0 Å². The van der Waals surface area contributed by atoms with Crippen molar-refractivity contribution >= 4 is 5.97 Å². The first-order valence-corrected chi connectivity index (χ1v) is 8.60. The average Bonchev–Trinajstić information content (AvgIpc) is 3.51. The summed E-state index contributed by atoms with van der Waals surface area (Å²) in [6.45, 7) is 9.07. The second kappa shape index (κ2) is 6.61. The van der Waals surface area contributed by atoms with Crippen LogP contribution in [-0.4, -0.2) is 50.7 Å². The maximum atomic E-state index is 12.7. The van der Waals surface area contributed by atoms with E-state index in [1.807, 2.05) is 0 Å². The van der Waals surface area contributed by atoms with Crippen molar-refractivity contribution in [3.63, 3.8) is 0 Å². The molecule has 0 amide bonds. The number of epoxide rings is 2. The normalized spacial score (nSPS) is 25.9. The van der Waals surface area contributed by atoms with Gasteiger partial charge in [0.25, 0.3) is 0 Å². The van der Waals surface area contributed by atoms with E-state index in [4.69, 9.17) is 14.2 Å². The first-order chi connectivity index (χ1) is 12.6. The third-order valence-electron chi connectivity index (χ3n) is 4.54. The quantitative estimate of drug-likeness (QED) is 0.318. The monoisotopic (exact) mass is 381 g/mol. The molecule has 3 heterocycles. The van der Waals surface area contributed by atoms with E-state index < -0.39 is 34.2 Å². The molecule has 2 saturated heterocycles. The number of carbonyl (C=O) groups excluding carboxylic acids is 1. The average molecular weight is 381 g/mol. The topological polar surface area (TPSA) is 117 Å². The maximum absolute atomic E-state index is 12.7. The Morgan fingerprint density at radius 3 is 1.78 bits per heavy atom. The zero-order valence-electron chi connectivity index (χ0n) is 15.6. The minimum absolute atomic E-state index is 0.0358. The van der Waals surface area contributed by atoms with E-state index in [2.05, 4.69) is 6.58 Å². The minimum Gasteiger partial charge on any atom is -0.460 e. The second-order valence-corrected chi connectivity index (χ2v) is 7.57. The van der Waals surface area contributed by atoms with Gasteiger partial charge in [-0.1, -0.05) is 6.58 Å². The lowest BCUT2D eigenvalue weighted by atomic mass is 10.2. The number of hydrogen-bond donors (Lipinski definition) is 0. The third kappa shape index (κ3) is 4.11. The zero-order chi connectivity index (χ0) is 20.0. The van der Waals surface area contributed by atoms with E-state index in [1.165, 1.54) is 6.92 Å². The van der Waals surface area contributed by atoms with Gasteiger partial charge in [0.05, 0.1) is 32.8 Å². The van der Waals surface area contributed by atoms with Crippen LogP contribution in [-0.2, 0) is 38.6 Å². The van der Waals surface area contributed by atoms with E-state index in [1.54, 1.807) is 13.8 Å². The molecule has 0 radical (unpaired) electrons. The van der Waals surface area contributed by atoms with Crippen molar-refractivity contribution < 1.29 is 19.0 Å². The Bertz CT molecular complexity index is 902. The lowest BCUT2D eigenvalue weighted by Gasteiger charge is -2.16. The highest BCUT2D eigenvalue weighted by Gasteiger charge is 2.43. The van der Waals surface area contributed by atoms with Crippen LogP contribution in [0.3, 0.4) is 0 Å². The van der Waals surface area contributed by atoms with E-state index in [0.29, 0.717) is 13.2 Å². The molecule has 0 aromatic carbocycles. The van der Waals surface area contributed by atoms with Crippen molar-refractivity contribution in [3.05, 3.63) is 43.6 Å². The van der Waals surface area contributed by atoms with Gasteiger partial charge in [-0.15, -0.1) is 0 Å². The SMILES string of the molecule is C=C(C)C(=O)OCCn1c(=O)n(CC2(C)CO2)c(=O)n(CC2(C)CO2)c1=O. The van der Waals surface area contributed by atoms with Gasteiger partial charge in [-0.2, -0.15) is 0 Å². The molecule has 0 N–H and O–H groups in total. The summed E-state index contributed by atoms with van der Waals surface area (Å²) in [4.78, 5) is 49.7. The van der Waals surface area contributed by atoms with Crippen LogP contribution < -0.4 is 17.1 Å². The Morgan fingerprint density at radius 1 is 1.00 bits per heavy atom. The molecular formula is C17H23N3O7. The molecular weight excluding hydrogens is 358 g/mol. The highest BCUT2D eigenvalue weighted by Crippen LogP contribution is 2.27. The van der Waals surface area contributed by atoms with Crippen molar-refractivity contribution in [2.45, 2.75) is 51.6 Å². The summed E-state index contributed by atoms with van der Waals surface area (Å²) in [6, 6.07) is 0. The van der Waals surface area contributed by atoms with Crippen LogP contribution in [0.2, 0.25) is 0 Å². The van der Waals surface area contributed by atoms with Gasteiger partial charge in [0.15, 0.2) is 0 Å². The van der Waals surface area contributed by atoms with E-state index in [0.717, 1.165) is 13.7 Å². The highest BCUT2D eigenvalue weighted by atomic mass is 16.6. The van der Waals surface area contributed by atoms with Crippen LogP contribution >= 0.6 is 0 Å². The summed E-state index contributed by atoms with van der Waals surface area (Å²) in [7, 11) is 0. The fourth-order valence-corrected chi connectivity index (χ4v) is 2.60. The number of nitrogens with zero attached hydrogens (tertiary/aromatic N) is 3. The highest BCUT2D eigenvalue weighted by molar-refractivity contribution is 5.86. The molecule has 27 heavy (non-hydrogen) atoms. The molecule has 2 unspecified atom stereocenters. The van der Waals surface area contributed by atoms with E-state index in [9.17, 15) is 19.2 Å². The van der Waals surface area contributed by atoms with Crippen molar-refractivity contribution in [2.75, 3.05) is 19.8 Å². The van der Waals surface area contributed by atoms with Crippen molar-refractivity contribution in [1.29, 1.82) is 0 Å². The summed E-state index contributed by atoms with van der Waals surface area (Å²) in [5.41, 5.74) is -3.21. The molecule has 2 atom stereocenters. The molecule has 10 nitrogen and oxygen atoms in total. The molecule has 2 fully saturated rings. The summed E-state index contributed by atoms with van der Waals surface area (Å²) >= 11 is 0. The fraction of sp³-hybridized carbons (Fsp3) is 0.647. The van der Waals surface area contributed by atoms with E-state index in [-0.39, 0.29) is 31.8 Å². The molecule has 3 rings (SSSR count). The Balaban J connectivity index is 1.96. The molecule has 2 aliphatic heterocycles. The van der Waals surface area contributed by atoms with Crippen LogP contribution in [0, 0.1) is 0 Å². The summed E-state index contributed by atoms with van der Waals surface area (Å²) in [5.74, 6) is -0.616. The fourth-order valence-electron chi connectivity index (χ4n) is 2.60. The Labute approximate surface area is 154 Å². The molecule has 0 spiro atoms. The molecule has 0 aliphatic carbocycles. The van der Waals surface area contributed by atoms with Crippen molar-refractivity contribution in [3.8, 4) is 0 Å². The largest absolute Gasteiger partial charge is 0.460 e. The second-order valence-electron chi connectivity index (χ2n) is 7.57. The summed E-state index contributed by atoms with van der Waals surface area (Å²) < 4.78 is 18.4. The first kappa shape index (κ1) is 19.3. The number of rotatable bonds is 8. The lowest BCUT2D eigenvalue weighted by Crippen LogP contribution is -2.56. The number of ether oxygens (including phenoxy) is 3. The van der Waals surface area contributed by atoms with Crippen molar-refractivity contribution in [1.82, 2.24) is 13.7 Å². The van der Waals surface area contributed by atoms with Crippen LogP contribution in [0.4, 0.5) is 0 Å². The maximum Gasteiger partial charge on any atom is 0.336 e. The predicted octanol–water partition coefficient (Wildman–Crippen LogP) is -1.13. The molecule has 1 aromatic rings. The van der Waals surface area contributed by atoms with Gasteiger partial charge in [-0.3, -0.25) is 0 Å². The lowest BCUT2D eigenvalue weighted by molar-refractivity contribution is -0.139. The van der Waals surface area contributed by atoms with Gasteiger partial charge < -0.3 is 14.2 Å². The Hall–Kier alpha value is -2.46. The number of esters is 1. The molecule has 2 aliphatic rings. The predicted molar refractivity (Wildman–Crippen MR) is 93.7 cm³/mol. The molecule has 1 aromatic heterocycles. The zero-order valence-corrected chi connectivity index (χ0v) is 15.6. The number of hydrogen-bond acceptors (Lipinski definition) is 7. The van der Waals surface area contributed by atoms with Gasteiger partial charge in [0.2, 0.25) is 0 Å². The van der Waals surface area contributed by atoms with E-state index >= 15 is 0 Å². The molecule has 10 heteroatoms. The Morgan fingerprint density at radius 2 is 1.41 bits per heavy atom. The third-order valence-corrected chi connectivity index (χ3v) is 4.54. The molecule has 0 bridgehead atoms. The first-order valence-electron chi connectivity index (χ1n) is 8.60. The van der Waals surface area contributed by atoms with Gasteiger partial charge >= 0.3 is 23.0 Å². The summed E-state index contributed by atoms with van der Waals surface area (Å²) in [6.07, 6.45) is 0. The Kier molecular flexibility index (Phi) is 4.73.